The van der Waals surface area contributed by atoms with Gasteiger partial charge in [-0.1, -0.05) is 57.2 Å². The van der Waals surface area contributed by atoms with Crippen LogP contribution in [0.1, 0.15) is 50.7 Å². The molecule has 0 unspecified atom stereocenters. The first kappa shape index (κ1) is 28.6. The van der Waals surface area contributed by atoms with Crippen LogP contribution in [0.3, 0.4) is 0 Å². The number of urea groups is 1. The molecule has 3 aromatic heterocycles. The number of carbonyl (C=O) groups is 1. The highest BCUT2D eigenvalue weighted by Gasteiger charge is 2.22. The SMILES string of the molecule is Cc1ccc(-n2nc(C(C)(C)C)cc2NC(=O)Nc2ccc3ccccc3c2-c2ccc(CC3CCOCC3)nc2)cn1. The number of nitrogens with zero attached hydrogens (tertiary/aromatic N) is 4. The van der Waals surface area contributed by atoms with Gasteiger partial charge < -0.3 is 10.1 Å². The van der Waals surface area contributed by atoms with Gasteiger partial charge in [-0.25, -0.2) is 9.48 Å². The van der Waals surface area contributed by atoms with E-state index in [0.717, 1.165) is 77.1 Å². The molecule has 0 saturated carbocycles. The maximum Gasteiger partial charge on any atom is 0.324 e. The number of benzene rings is 2. The number of fused-ring (bicyclic) bond motifs is 1. The predicted molar refractivity (Wildman–Crippen MR) is 172 cm³/mol. The predicted octanol–water partition coefficient (Wildman–Crippen LogP) is 7.70. The van der Waals surface area contributed by atoms with Gasteiger partial charge in [0.2, 0.25) is 0 Å². The van der Waals surface area contributed by atoms with Crippen molar-refractivity contribution in [3.05, 3.63) is 96.2 Å². The number of anilines is 2. The molecular formula is C35H38N6O2. The number of carbonyl (C=O) groups excluding carboxylic acids is 1. The Labute approximate surface area is 252 Å². The lowest BCUT2D eigenvalue weighted by molar-refractivity contribution is 0.0663. The molecule has 0 aliphatic carbocycles. The largest absolute Gasteiger partial charge is 0.381 e. The van der Waals surface area contributed by atoms with Crippen LogP contribution in [-0.4, -0.2) is 39.0 Å². The number of ether oxygens (including phenoxy) is 1. The number of hydrogen-bond donors (Lipinski definition) is 2. The summed E-state index contributed by atoms with van der Waals surface area (Å²) in [4.78, 5) is 22.8. The van der Waals surface area contributed by atoms with Gasteiger partial charge in [0.1, 0.15) is 5.82 Å². The maximum absolute atomic E-state index is 13.6. The van der Waals surface area contributed by atoms with E-state index in [1.54, 1.807) is 10.9 Å². The Hall–Kier alpha value is -4.56. The molecule has 0 radical (unpaired) electrons. The first-order valence-corrected chi connectivity index (χ1v) is 14.9. The molecule has 0 spiro atoms. The number of aryl methyl sites for hydroxylation is 1. The molecule has 2 N–H and O–H groups in total. The monoisotopic (exact) mass is 574 g/mol. The summed E-state index contributed by atoms with van der Waals surface area (Å²) >= 11 is 0. The molecule has 0 bridgehead atoms. The maximum atomic E-state index is 13.6. The van der Waals surface area contributed by atoms with E-state index in [9.17, 15) is 4.79 Å². The van der Waals surface area contributed by atoms with E-state index in [2.05, 4.69) is 60.7 Å². The molecule has 43 heavy (non-hydrogen) atoms. The van der Waals surface area contributed by atoms with E-state index < -0.39 is 0 Å². The normalized spacial score (nSPS) is 14.1. The molecule has 1 aliphatic rings. The Kier molecular flexibility index (Phi) is 7.95. The Morgan fingerprint density at radius 2 is 1.77 bits per heavy atom. The summed E-state index contributed by atoms with van der Waals surface area (Å²) in [6.07, 6.45) is 6.79. The van der Waals surface area contributed by atoms with Crippen LogP contribution in [0, 0.1) is 12.8 Å². The molecule has 0 atom stereocenters. The Morgan fingerprint density at radius 3 is 2.49 bits per heavy atom. The van der Waals surface area contributed by atoms with Crippen molar-refractivity contribution in [3.8, 4) is 16.8 Å². The first-order chi connectivity index (χ1) is 20.7. The van der Waals surface area contributed by atoms with Crippen LogP contribution in [0.4, 0.5) is 16.3 Å². The number of hydrogen-bond acceptors (Lipinski definition) is 5. The Morgan fingerprint density at radius 1 is 0.953 bits per heavy atom. The number of aromatic nitrogens is 4. The van der Waals surface area contributed by atoms with Crippen LogP contribution in [0.15, 0.2) is 79.1 Å². The molecule has 1 fully saturated rings. The first-order valence-electron chi connectivity index (χ1n) is 14.9. The zero-order valence-electron chi connectivity index (χ0n) is 25.2. The van der Waals surface area contributed by atoms with Crippen LogP contribution in [0.25, 0.3) is 27.6 Å². The van der Waals surface area contributed by atoms with Gasteiger partial charge in [-0.15, -0.1) is 0 Å². The molecule has 2 amide bonds. The standard InChI is InChI=1S/C35H38N6O2/c1-23-9-13-28(22-36-23)41-32(20-31(40-41)35(2,3)4)39-34(42)38-30-14-11-25-7-5-6-8-29(25)33(30)26-10-12-27(37-21-26)19-24-15-17-43-18-16-24/h5-14,20-22,24H,15-19H2,1-4H3,(H2,38,39,42). The highest BCUT2D eigenvalue weighted by Crippen LogP contribution is 2.36. The third kappa shape index (κ3) is 6.44. The average Bonchev–Trinajstić information content (AvgIpc) is 3.43. The van der Waals surface area contributed by atoms with Gasteiger partial charge in [0, 0.05) is 53.4 Å². The van der Waals surface area contributed by atoms with E-state index in [1.807, 2.05) is 55.6 Å². The van der Waals surface area contributed by atoms with Gasteiger partial charge in [0.25, 0.3) is 0 Å². The quantitative estimate of drug-likeness (QED) is 0.217. The van der Waals surface area contributed by atoms with Crippen LogP contribution in [-0.2, 0) is 16.6 Å². The van der Waals surface area contributed by atoms with Gasteiger partial charge in [-0.2, -0.15) is 5.10 Å². The van der Waals surface area contributed by atoms with E-state index in [4.69, 9.17) is 14.8 Å². The second kappa shape index (κ2) is 12.0. The number of nitrogens with one attached hydrogen (secondary N) is 2. The summed E-state index contributed by atoms with van der Waals surface area (Å²) in [6, 6.07) is 21.9. The second-order valence-corrected chi connectivity index (χ2v) is 12.3. The summed E-state index contributed by atoms with van der Waals surface area (Å²) < 4.78 is 7.25. The van der Waals surface area contributed by atoms with Gasteiger partial charge in [-0.05, 0) is 67.1 Å². The van der Waals surface area contributed by atoms with Crippen molar-refractivity contribution in [2.45, 2.75) is 52.4 Å². The minimum Gasteiger partial charge on any atom is -0.381 e. The fraction of sp³-hybridized carbons (Fsp3) is 0.314. The highest BCUT2D eigenvalue weighted by molar-refractivity contribution is 6.08. The van der Waals surface area contributed by atoms with Crippen molar-refractivity contribution in [2.75, 3.05) is 23.8 Å². The second-order valence-electron chi connectivity index (χ2n) is 12.3. The third-order valence-corrected chi connectivity index (χ3v) is 7.99. The topological polar surface area (TPSA) is 94.0 Å². The molecule has 1 saturated heterocycles. The zero-order chi connectivity index (χ0) is 30.0. The smallest absolute Gasteiger partial charge is 0.324 e. The Balaban J connectivity index is 1.30. The van der Waals surface area contributed by atoms with Gasteiger partial charge >= 0.3 is 6.03 Å². The van der Waals surface area contributed by atoms with Crippen LogP contribution in [0.5, 0.6) is 0 Å². The number of pyridine rings is 2. The van der Waals surface area contributed by atoms with Gasteiger partial charge in [-0.3, -0.25) is 15.3 Å². The zero-order valence-corrected chi connectivity index (χ0v) is 25.2. The summed E-state index contributed by atoms with van der Waals surface area (Å²) in [7, 11) is 0. The number of rotatable bonds is 6. The highest BCUT2D eigenvalue weighted by atomic mass is 16.5. The third-order valence-electron chi connectivity index (χ3n) is 7.99. The number of amides is 2. The molecule has 220 valence electrons. The summed E-state index contributed by atoms with van der Waals surface area (Å²) in [5, 5.41) is 13.1. The Bertz CT molecular complexity index is 1730. The lowest BCUT2D eigenvalue weighted by atomic mass is 9.92. The van der Waals surface area contributed by atoms with Crippen LogP contribution >= 0.6 is 0 Å². The van der Waals surface area contributed by atoms with E-state index in [0.29, 0.717) is 17.4 Å². The lowest BCUT2D eigenvalue weighted by Crippen LogP contribution is -2.21. The molecule has 8 nitrogen and oxygen atoms in total. The van der Waals surface area contributed by atoms with E-state index in [1.165, 1.54) is 0 Å². The fourth-order valence-electron chi connectivity index (χ4n) is 5.51. The van der Waals surface area contributed by atoms with Crippen molar-refractivity contribution in [3.63, 3.8) is 0 Å². The minimum atomic E-state index is -0.359. The van der Waals surface area contributed by atoms with Gasteiger partial charge in [0.05, 0.1) is 23.3 Å². The lowest BCUT2D eigenvalue weighted by Gasteiger charge is -2.21. The van der Waals surface area contributed by atoms with Crippen molar-refractivity contribution in [2.24, 2.45) is 5.92 Å². The molecule has 5 aromatic rings. The van der Waals surface area contributed by atoms with Crippen molar-refractivity contribution in [1.82, 2.24) is 19.7 Å². The van der Waals surface area contributed by atoms with Crippen molar-refractivity contribution in [1.29, 1.82) is 0 Å². The van der Waals surface area contributed by atoms with Crippen molar-refractivity contribution < 1.29 is 9.53 Å². The molecule has 1 aliphatic heterocycles. The molecule has 6 rings (SSSR count). The summed E-state index contributed by atoms with van der Waals surface area (Å²) in [5.41, 5.74) is 6.02. The minimum absolute atomic E-state index is 0.203. The molecule has 2 aromatic carbocycles. The van der Waals surface area contributed by atoms with Crippen LogP contribution in [0.2, 0.25) is 0 Å². The fourth-order valence-corrected chi connectivity index (χ4v) is 5.51. The summed E-state index contributed by atoms with van der Waals surface area (Å²) in [6.45, 7) is 9.89. The van der Waals surface area contributed by atoms with Crippen molar-refractivity contribution >= 4 is 28.3 Å². The van der Waals surface area contributed by atoms with E-state index in [-0.39, 0.29) is 11.4 Å². The van der Waals surface area contributed by atoms with Crippen LogP contribution < -0.4 is 10.6 Å². The van der Waals surface area contributed by atoms with E-state index >= 15 is 0 Å². The summed E-state index contributed by atoms with van der Waals surface area (Å²) in [5.74, 6) is 1.17. The molecular weight excluding hydrogens is 536 g/mol. The average molecular weight is 575 g/mol. The molecule has 8 heteroatoms. The molecule has 4 heterocycles. The van der Waals surface area contributed by atoms with Gasteiger partial charge in [0.15, 0.2) is 0 Å².